The molecule has 0 atom stereocenters. The molecule has 0 unspecified atom stereocenters. The first-order chi connectivity index (χ1) is 12.9. The minimum absolute atomic E-state index is 0.00605. The molecule has 1 amide bonds. The number of nitrogens with zero attached hydrogens (tertiary/aromatic N) is 2. The number of rotatable bonds is 5. The van der Waals surface area contributed by atoms with E-state index in [1.807, 2.05) is 10.7 Å². The Morgan fingerprint density at radius 3 is 2.44 bits per heavy atom. The first kappa shape index (κ1) is 18.3. The van der Waals surface area contributed by atoms with Crippen LogP contribution in [0.3, 0.4) is 0 Å². The summed E-state index contributed by atoms with van der Waals surface area (Å²) >= 11 is 0. The number of carbonyl (C=O) groups excluding carboxylic acids is 1. The van der Waals surface area contributed by atoms with Crippen molar-refractivity contribution in [2.45, 2.75) is 76.2 Å². The number of hydrogen-bond donors (Lipinski definition) is 1. The third-order valence-electron chi connectivity index (χ3n) is 6.13. The van der Waals surface area contributed by atoms with Gasteiger partial charge >= 0.3 is 0 Å². The van der Waals surface area contributed by atoms with Crippen molar-refractivity contribution in [1.29, 1.82) is 0 Å². The lowest BCUT2D eigenvalue weighted by atomic mass is 9.79. The molecule has 0 radical (unpaired) electrons. The minimum atomic E-state index is -0.204. The van der Waals surface area contributed by atoms with Gasteiger partial charge in [0.1, 0.15) is 5.69 Å². The molecule has 4 nitrogen and oxygen atoms in total. The zero-order valence-electron chi connectivity index (χ0n) is 16.8. The summed E-state index contributed by atoms with van der Waals surface area (Å²) in [5.74, 6) is 0.553. The number of carbonyl (C=O) groups is 1. The van der Waals surface area contributed by atoms with Gasteiger partial charge in [-0.1, -0.05) is 43.2 Å². The summed E-state index contributed by atoms with van der Waals surface area (Å²) in [5.41, 5.74) is 3.00. The van der Waals surface area contributed by atoms with Gasteiger partial charge in [0, 0.05) is 17.9 Å². The molecule has 4 heteroatoms. The summed E-state index contributed by atoms with van der Waals surface area (Å²) in [6, 6.07) is 12.7. The van der Waals surface area contributed by atoms with E-state index in [0.29, 0.717) is 18.2 Å². The van der Waals surface area contributed by atoms with Crippen molar-refractivity contribution < 1.29 is 4.79 Å². The Morgan fingerprint density at radius 1 is 1.19 bits per heavy atom. The maximum Gasteiger partial charge on any atom is 0.269 e. The summed E-state index contributed by atoms with van der Waals surface area (Å²) in [5, 5.41) is 8.04. The monoisotopic (exact) mass is 365 g/mol. The first-order valence-electron chi connectivity index (χ1n) is 10.3. The van der Waals surface area contributed by atoms with Crippen LogP contribution in [0.25, 0.3) is 0 Å². The van der Waals surface area contributed by atoms with Crippen LogP contribution in [-0.4, -0.2) is 22.2 Å². The van der Waals surface area contributed by atoms with E-state index in [1.54, 1.807) is 0 Å². The summed E-state index contributed by atoms with van der Waals surface area (Å²) in [7, 11) is 0. The van der Waals surface area contributed by atoms with Crippen molar-refractivity contribution in [2.75, 3.05) is 6.54 Å². The van der Waals surface area contributed by atoms with Gasteiger partial charge < -0.3 is 5.32 Å². The Morgan fingerprint density at radius 2 is 1.85 bits per heavy atom. The van der Waals surface area contributed by atoms with Gasteiger partial charge in [0.15, 0.2) is 0 Å². The van der Waals surface area contributed by atoms with Crippen molar-refractivity contribution in [3.05, 3.63) is 53.3 Å². The van der Waals surface area contributed by atoms with E-state index in [2.05, 4.69) is 56.4 Å². The van der Waals surface area contributed by atoms with Crippen LogP contribution >= 0.6 is 0 Å². The van der Waals surface area contributed by atoms with Crippen LogP contribution in [0.1, 0.15) is 87.0 Å². The lowest BCUT2D eigenvalue weighted by Crippen LogP contribution is -2.40. The maximum atomic E-state index is 13.1. The van der Waals surface area contributed by atoms with Gasteiger partial charge in [-0.15, -0.1) is 0 Å². The van der Waals surface area contributed by atoms with Crippen molar-refractivity contribution in [3.63, 3.8) is 0 Å². The van der Waals surface area contributed by atoms with E-state index < -0.39 is 0 Å². The van der Waals surface area contributed by atoms with Crippen LogP contribution in [0.4, 0.5) is 0 Å². The zero-order valence-corrected chi connectivity index (χ0v) is 16.8. The van der Waals surface area contributed by atoms with Crippen LogP contribution in [0.15, 0.2) is 36.4 Å². The molecule has 144 valence electrons. The highest BCUT2D eigenvalue weighted by atomic mass is 16.2. The summed E-state index contributed by atoms with van der Waals surface area (Å²) in [6.45, 7) is 7.02. The van der Waals surface area contributed by atoms with Crippen LogP contribution < -0.4 is 5.32 Å². The molecule has 2 saturated carbocycles. The highest BCUT2D eigenvalue weighted by Gasteiger charge is 2.37. The molecule has 1 aromatic carbocycles. The Bertz CT molecular complexity index is 806. The minimum Gasteiger partial charge on any atom is -0.350 e. The van der Waals surface area contributed by atoms with Crippen LogP contribution in [0.2, 0.25) is 0 Å². The lowest BCUT2D eigenvalue weighted by molar-refractivity contribution is 0.0924. The van der Waals surface area contributed by atoms with Crippen molar-refractivity contribution >= 4 is 5.91 Å². The van der Waals surface area contributed by atoms with E-state index in [1.165, 1.54) is 31.2 Å². The molecule has 4 rings (SSSR count). The van der Waals surface area contributed by atoms with Crippen LogP contribution in [0.5, 0.6) is 0 Å². The van der Waals surface area contributed by atoms with Gasteiger partial charge in [-0.25, -0.2) is 0 Å². The molecule has 0 bridgehead atoms. The number of amides is 1. The fourth-order valence-electron chi connectivity index (χ4n) is 4.40. The second-order valence-electron chi connectivity index (χ2n) is 9.35. The van der Waals surface area contributed by atoms with Gasteiger partial charge in [0.2, 0.25) is 0 Å². The van der Waals surface area contributed by atoms with Gasteiger partial charge in [-0.05, 0) is 58.1 Å². The molecular formula is C23H31N3O. The average Bonchev–Trinajstić information content (AvgIpc) is 3.21. The van der Waals surface area contributed by atoms with Gasteiger partial charge in [0.25, 0.3) is 5.91 Å². The maximum absolute atomic E-state index is 13.1. The third-order valence-corrected chi connectivity index (χ3v) is 6.13. The Balaban J connectivity index is 1.55. The molecular weight excluding hydrogens is 334 g/mol. The number of benzene rings is 1. The summed E-state index contributed by atoms with van der Waals surface area (Å²) in [4.78, 5) is 13.1. The lowest BCUT2D eigenvalue weighted by Gasteiger charge is -2.30. The van der Waals surface area contributed by atoms with Crippen LogP contribution in [-0.2, 0) is 11.0 Å². The van der Waals surface area contributed by atoms with Gasteiger partial charge in [-0.2, -0.15) is 5.10 Å². The number of aromatic nitrogens is 2. The Labute approximate surface area is 162 Å². The number of hydrogen-bond acceptors (Lipinski definition) is 2. The van der Waals surface area contributed by atoms with Gasteiger partial charge in [0.05, 0.1) is 11.2 Å². The fraction of sp³-hybridized carbons (Fsp3) is 0.565. The van der Waals surface area contributed by atoms with Crippen molar-refractivity contribution in [2.24, 2.45) is 0 Å². The highest BCUT2D eigenvalue weighted by Crippen LogP contribution is 2.41. The molecule has 0 aliphatic heterocycles. The normalized spacial score (nSPS) is 19.2. The van der Waals surface area contributed by atoms with E-state index in [4.69, 9.17) is 5.10 Å². The Kier molecular flexibility index (Phi) is 4.61. The fourth-order valence-corrected chi connectivity index (χ4v) is 4.40. The summed E-state index contributed by atoms with van der Waals surface area (Å²) in [6.07, 6.45) is 7.14. The van der Waals surface area contributed by atoms with Crippen molar-refractivity contribution in [3.8, 4) is 0 Å². The topological polar surface area (TPSA) is 46.9 Å². The second kappa shape index (κ2) is 6.81. The van der Waals surface area contributed by atoms with E-state index in [-0.39, 0.29) is 16.9 Å². The highest BCUT2D eigenvalue weighted by molar-refractivity contribution is 5.93. The third kappa shape index (κ3) is 3.67. The largest absolute Gasteiger partial charge is 0.350 e. The molecule has 2 fully saturated rings. The predicted molar refractivity (Wildman–Crippen MR) is 108 cm³/mol. The molecule has 1 heterocycles. The first-order valence-corrected chi connectivity index (χ1v) is 10.3. The molecule has 27 heavy (non-hydrogen) atoms. The molecule has 2 aliphatic carbocycles. The molecule has 0 saturated heterocycles. The predicted octanol–water partition coefficient (Wildman–Crippen LogP) is 4.76. The van der Waals surface area contributed by atoms with Crippen molar-refractivity contribution in [1.82, 2.24) is 15.1 Å². The molecule has 2 aromatic rings. The molecule has 1 N–H and O–H groups in total. The number of nitrogens with one attached hydrogen (secondary N) is 1. The SMILES string of the molecule is CC(C)(C)n1nc(C2CC2)cc1C(=O)NCC1(c2ccccc2)CCCC1. The smallest absolute Gasteiger partial charge is 0.269 e. The summed E-state index contributed by atoms with van der Waals surface area (Å²) < 4.78 is 1.92. The van der Waals surface area contributed by atoms with E-state index in [0.717, 1.165) is 18.5 Å². The molecule has 1 aromatic heterocycles. The van der Waals surface area contributed by atoms with E-state index in [9.17, 15) is 4.79 Å². The zero-order chi connectivity index (χ0) is 19.1. The molecule has 2 aliphatic rings. The second-order valence-corrected chi connectivity index (χ2v) is 9.35. The van der Waals surface area contributed by atoms with Gasteiger partial charge in [-0.3, -0.25) is 9.48 Å². The quantitative estimate of drug-likeness (QED) is 0.830. The molecule has 0 spiro atoms. The Hall–Kier alpha value is -2.10. The van der Waals surface area contributed by atoms with Crippen LogP contribution in [0, 0.1) is 0 Å². The standard InChI is InChI=1S/C23H31N3O/c1-22(2,3)26-20(15-19(25-26)17-11-12-17)21(27)24-16-23(13-7-8-14-23)18-9-5-4-6-10-18/h4-6,9-10,15,17H,7-8,11-14,16H2,1-3H3,(H,24,27). The van der Waals surface area contributed by atoms with E-state index >= 15 is 0 Å². The average molecular weight is 366 g/mol.